The number of hydrogen-bond donors (Lipinski definition) is 0. The first-order valence-electron chi connectivity index (χ1n) is 10.3. The van der Waals surface area contributed by atoms with Crippen molar-refractivity contribution in [3.8, 4) is 5.75 Å². The number of nitrogens with zero attached hydrogens (tertiary/aromatic N) is 2. The zero-order valence-corrected chi connectivity index (χ0v) is 18.6. The van der Waals surface area contributed by atoms with Gasteiger partial charge in [0.1, 0.15) is 17.7 Å². The Balaban J connectivity index is 1.35. The lowest BCUT2D eigenvalue weighted by Crippen LogP contribution is -2.46. The first kappa shape index (κ1) is 21.2. The van der Waals surface area contributed by atoms with E-state index in [9.17, 15) is 4.39 Å². The number of piperazine rings is 1. The van der Waals surface area contributed by atoms with E-state index in [1.54, 1.807) is 11.3 Å². The van der Waals surface area contributed by atoms with E-state index in [2.05, 4.69) is 27.3 Å². The second-order valence-corrected chi connectivity index (χ2v) is 9.04. The van der Waals surface area contributed by atoms with Crippen LogP contribution in [0.2, 0.25) is 5.02 Å². The van der Waals surface area contributed by atoms with Crippen LogP contribution in [0.3, 0.4) is 0 Å². The maximum atomic E-state index is 13.2. The molecule has 1 saturated heterocycles. The Morgan fingerprint density at radius 3 is 2.53 bits per heavy atom. The molecule has 3 aromatic rings. The van der Waals surface area contributed by atoms with Crippen LogP contribution in [0.5, 0.6) is 5.75 Å². The van der Waals surface area contributed by atoms with E-state index in [4.69, 9.17) is 16.3 Å². The molecule has 1 aromatic heterocycles. The zero-order valence-electron chi connectivity index (χ0n) is 17.1. The fourth-order valence-electron chi connectivity index (χ4n) is 3.77. The SMILES string of the molecule is Cc1ccc(Cl)c(OC(CCN2CCN(c3ccc(F)cc3)CC2)c2cccs2)c1. The third kappa shape index (κ3) is 5.34. The van der Waals surface area contributed by atoms with Gasteiger partial charge in [0, 0.05) is 49.7 Å². The monoisotopic (exact) mass is 444 g/mol. The number of hydrogen-bond acceptors (Lipinski definition) is 4. The van der Waals surface area contributed by atoms with Crippen molar-refractivity contribution in [2.75, 3.05) is 37.6 Å². The van der Waals surface area contributed by atoms with E-state index in [-0.39, 0.29) is 11.9 Å². The van der Waals surface area contributed by atoms with Crippen molar-refractivity contribution in [1.82, 2.24) is 4.90 Å². The van der Waals surface area contributed by atoms with E-state index in [1.807, 2.05) is 37.3 Å². The molecule has 1 atom stereocenters. The number of ether oxygens (including phenoxy) is 1. The van der Waals surface area contributed by atoms with Gasteiger partial charge in [0.05, 0.1) is 5.02 Å². The predicted octanol–water partition coefficient (Wildman–Crippen LogP) is 6.18. The average molecular weight is 445 g/mol. The molecule has 0 spiro atoms. The number of aryl methyl sites for hydroxylation is 1. The fraction of sp³-hybridized carbons (Fsp3) is 0.333. The van der Waals surface area contributed by atoms with Crippen molar-refractivity contribution in [1.29, 1.82) is 0 Å². The summed E-state index contributed by atoms with van der Waals surface area (Å²) in [6, 6.07) is 16.9. The third-order valence-corrected chi connectivity index (χ3v) is 6.76. The topological polar surface area (TPSA) is 15.7 Å². The van der Waals surface area contributed by atoms with Gasteiger partial charge in [0.15, 0.2) is 0 Å². The Morgan fingerprint density at radius 1 is 1.07 bits per heavy atom. The van der Waals surface area contributed by atoms with Gasteiger partial charge in [-0.3, -0.25) is 4.90 Å². The number of thiophene rings is 1. The summed E-state index contributed by atoms with van der Waals surface area (Å²) in [5.41, 5.74) is 2.22. The standard InChI is InChI=1S/C24H26ClFN2OS/c1-18-4-9-21(25)23(17-18)29-22(24-3-2-16-30-24)10-11-27-12-14-28(15-13-27)20-7-5-19(26)6-8-20/h2-9,16-17,22H,10-15H2,1H3. The molecule has 2 heterocycles. The van der Waals surface area contributed by atoms with Crippen LogP contribution in [-0.4, -0.2) is 37.6 Å². The quantitative estimate of drug-likeness (QED) is 0.432. The minimum atomic E-state index is -0.189. The molecule has 1 fully saturated rings. The van der Waals surface area contributed by atoms with Crippen molar-refractivity contribution in [3.05, 3.63) is 81.3 Å². The lowest BCUT2D eigenvalue weighted by atomic mass is 10.1. The summed E-state index contributed by atoms with van der Waals surface area (Å²) in [4.78, 5) is 6.01. The molecule has 2 aromatic carbocycles. The Bertz CT molecular complexity index is 940. The summed E-state index contributed by atoms with van der Waals surface area (Å²) in [5.74, 6) is 0.557. The van der Waals surface area contributed by atoms with Gasteiger partial charge in [-0.2, -0.15) is 0 Å². The lowest BCUT2D eigenvalue weighted by Gasteiger charge is -2.36. The highest BCUT2D eigenvalue weighted by Crippen LogP contribution is 2.33. The predicted molar refractivity (Wildman–Crippen MR) is 124 cm³/mol. The second kappa shape index (κ2) is 9.82. The highest BCUT2D eigenvalue weighted by molar-refractivity contribution is 7.10. The summed E-state index contributed by atoms with van der Waals surface area (Å²) in [5, 5.41) is 2.74. The van der Waals surface area contributed by atoms with Gasteiger partial charge in [-0.05, 0) is 60.3 Å². The molecule has 158 valence electrons. The van der Waals surface area contributed by atoms with Crippen LogP contribution in [0.4, 0.5) is 10.1 Å². The number of anilines is 1. The smallest absolute Gasteiger partial charge is 0.139 e. The highest BCUT2D eigenvalue weighted by Gasteiger charge is 2.21. The van der Waals surface area contributed by atoms with E-state index < -0.39 is 0 Å². The molecular weight excluding hydrogens is 419 g/mol. The molecule has 6 heteroatoms. The first-order chi connectivity index (χ1) is 14.6. The van der Waals surface area contributed by atoms with Crippen LogP contribution in [0, 0.1) is 12.7 Å². The first-order valence-corrected chi connectivity index (χ1v) is 11.5. The van der Waals surface area contributed by atoms with E-state index in [1.165, 1.54) is 17.0 Å². The summed E-state index contributed by atoms with van der Waals surface area (Å²) in [7, 11) is 0. The summed E-state index contributed by atoms with van der Waals surface area (Å²) >= 11 is 8.09. The Morgan fingerprint density at radius 2 is 1.83 bits per heavy atom. The number of rotatable bonds is 7. The molecule has 1 aliphatic rings. The highest BCUT2D eigenvalue weighted by atomic mass is 35.5. The maximum Gasteiger partial charge on any atom is 0.139 e. The van der Waals surface area contributed by atoms with E-state index in [0.717, 1.165) is 56.1 Å². The molecule has 0 saturated carbocycles. The van der Waals surface area contributed by atoms with Gasteiger partial charge >= 0.3 is 0 Å². The van der Waals surface area contributed by atoms with Crippen molar-refractivity contribution < 1.29 is 9.13 Å². The lowest BCUT2D eigenvalue weighted by molar-refractivity contribution is 0.163. The van der Waals surface area contributed by atoms with Crippen molar-refractivity contribution in [3.63, 3.8) is 0 Å². The molecule has 0 N–H and O–H groups in total. The van der Waals surface area contributed by atoms with Gasteiger partial charge < -0.3 is 9.64 Å². The van der Waals surface area contributed by atoms with Gasteiger partial charge in [0.25, 0.3) is 0 Å². The summed E-state index contributed by atoms with van der Waals surface area (Å²) < 4.78 is 19.5. The van der Waals surface area contributed by atoms with Crippen molar-refractivity contribution >= 4 is 28.6 Å². The van der Waals surface area contributed by atoms with Crippen LogP contribution in [0.1, 0.15) is 23.0 Å². The minimum Gasteiger partial charge on any atom is -0.483 e. The average Bonchev–Trinajstić information content (AvgIpc) is 3.29. The number of halogens is 2. The van der Waals surface area contributed by atoms with Gasteiger partial charge in [-0.1, -0.05) is 23.7 Å². The van der Waals surface area contributed by atoms with Crippen LogP contribution in [-0.2, 0) is 0 Å². The van der Waals surface area contributed by atoms with Gasteiger partial charge in [0.2, 0.25) is 0 Å². The molecule has 1 unspecified atom stereocenters. The molecule has 30 heavy (non-hydrogen) atoms. The zero-order chi connectivity index (χ0) is 20.9. The molecule has 0 aliphatic carbocycles. The van der Waals surface area contributed by atoms with Crippen LogP contribution < -0.4 is 9.64 Å². The van der Waals surface area contributed by atoms with Crippen LogP contribution in [0.25, 0.3) is 0 Å². The summed E-state index contributed by atoms with van der Waals surface area (Å²) in [6.45, 7) is 6.87. The number of benzene rings is 2. The van der Waals surface area contributed by atoms with Gasteiger partial charge in [-0.15, -0.1) is 11.3 Å². The molecule has 4 rings (SSSR count). The van der Waals surface area contributed by atoms with E-state index >= 15 is 0 Å². The molecule has 0 bridgehead atoms. The molecular formula is C24H26ClFN2OS. The maximum absolute atomic E-state index is 13.2. The van der Waals surface area contributed by atoms with Crippen LogP contribution >= 0.6 is 22.9 Å². The normalized spacial score (nSPS) is 15.9. The molecule has 0 amide bonds. The Labute approximate surface area is 186 Å². The van der Waals surface area contributed by atoms with E-state index in [0.29, 0.717) is 5.02 Å². The molecule has 3 nitrogen and oxygen atoms in total. The summed E-state index contributed by atoms with van der Waals surface area (Å²) in [6.07, 6.45) is 0.890. The second-order valence-electron chi connectivity index (χ2n) is 7.65. The minimum absolute atomic E-state index is 0.0144. The Hall–Kier alpha value is -2.08. The van der Waals surface area contributed by atoms with Crippen molar-refractivity contribution in [2.45, 2.75) is 19.4 Å². The van der Waals surface area contributed by atoms with Crippen LogP contribution in [0.15, 0.2) is 60.0 Å². The largest absolute Gasteiger partial charge is 0.483 e. The molecule has 1 aliphatic heterocycles. The fourth-order valence-corrected chi connectivity index (χ4v) is 4.72. The molecule has 0 radical (unpaired) electrons. The Kier molecular flexibility index (Phi) is 6.93. The van der Waals surface area contributed by atoms with Crippen molar-refractivity contribution in [2.24, 2.45) is 0 Å². The van der Waals surface area contributed by atoms with Gasteiger partial charge in [-0.25, -0.2) is 4.39 Å². The third-order valence-electron chi connectivity index (χ3n) is 5.49.